The van der Waals surface area contributed by atoms with Crippen LogP contribution in [0.3, 0.4) is 0 Å². The summed E-state index contributed by atoms with van der Waals surface area (Å²) < 4.78 is 5.15. The second-order valence-electron chi connectivity index (χ2n) is 6.90. The number of methoxy groups -OCH3 is 1. The number of benzene rings is 2. The van der Waals surface area contributed by atoms with E-state index < -0.39 is 0 Å². The zero-order valence-electron chi connectivity index (χ0n) is 15.1. The van der Waals surface area contributed by atoms with Crippen molar-refractivity contribution in [2.45, 2.75) is 25.9 Å². The normalized spacial score (nSPS) is 19.8. The van der Waals surface area contributed by atoms with Gasteiger partial charge >= 0.3 is 0 Å². The van der Waals surface area contributed by atoms with Crippen molar-refractivity contribution in [2.24, 2.45) is 5.92 Å². The van der Waals surface area contributed by atoms with Gasteiger partial charge in [-0.05, 0) is 29.8 Å². The van der Waals surface area contributed by atoms with Gasteiger partial charge in [0, 0.05) is 35.9 Å². The minimum Gasteiger partial charge on any atom is -0.497 e. The summed E-state index contributed by atoms with van der Waals surface area (Å²) in [6, 6.07) is 15.8. The van der Waals surface area contributed by atoms with Gasteiger partial charge in [-0.15, -0.1) is 0 Å². The maximum Gasteiger partial charge on any atom is 0.223 e. The van der Waals surface area contributed by atoms with Crippen molar-refractivity contribution in [1.29, 1.82) is 0 Å². The Kier molecular flexibility index (Phi) is 6.53. The molecule has 2 aromatic rings. The molecule has 4 nitrogen and oxygen atoms in total. The fourth-order valence-electron chi connectivity index (χ4n) is 3.48. The molecular formula is C21H26ClN2O2+. The summed E-state index contributed by atoms with van der Waals surface area (Å²) in [4.78, 5) is 14.0. The molecule has 0 radical (unpaired) electrons. The molecule has 0 saturated carbocycles. The molecule has 26 heavy (non-hydrogen) atoms. The smallest absolute Gasteiger partial charge is 0.223 e. The lowest BCUT2D eigenvalue weighted by Crippen LogP contribution is -3.11. The van der Waals surface area contributed by atoms with Crippen LogP contribution in [-0.2, 0) is 17.9 Å². The first-order valence-corrected chi connectivity index (χ1v) is 9.50. The summed E-state index contributed by atoms with van der Waals surface area (Å²) in [5, 5.41) is 3.86. The first-order valence-electron chi connectivity index (χ1n) is 9.12. The second kappa shape index (κ2) is 9.06. The quantitative estimate of drug-likeness (QED) is 0.816. The standard InChI is InChI=1S/C21H25ClN2O2/c1-26-20-7-5-16(6-8-20)14-23-21(25)18-9-11-24(12-10-18)15-17-3-2-4-19(22)13-17/h2-8,13,18H,9-12,14-15H2,1H3,(H,23,25)/p+1. The van der Waals surface area contributed by atoms with Crippen LogP contribution in [-0.4, -0.2) is 26.1 Å². The van der Waals surface area contributed by atoms with Crippen LogP contribution in [0.5, 0.6) is 5.75 Å². The average molecular weight is 374 g/mol. The Bertz CT molecular complexity index is 725. The largest absolute Gasteiger partial charge is 0.497 e. The number of hydrogen-bond donors (Lipinski definition) is 2. The van der Waals surface area contributed by atoms with Crippen LogP contribution in [0.15, 0.2) is 48.5 Å². The first-order chi connectivity index (χ1) is 12.6. The van der Waals surface area contributed by atoms with E-state index in [4.69, 9.17) is 16.3 Å². The number of halogens is 1. The van der Waals surface area contributed by atoms with E-state index in [2.05, 4.69) is 11.4 Å². The molecule has 1 saturated heterocycles. The molecule has 3 rings (SSSR count). The zero-order chi connectivity index (χ0) is 18.4. The number of carbonyl (C=O) groups is 1. The number of ether oxygens (including phenoxy) is 1. The lowest BCUT2D eigenvalue weighted by atomic mass is 9.95. The summed E-state index contributed by atoms with van der Waals surface area (Å²) in [6.07, 6.45) is 1.87. The monoisotopic (exact) mass is 373 g/mol. The molecule has 0 aromatic heterocycles. The second-order valence-corrected chi connectivity index (χ2v) is 7.33. The van der Waals surface area contributed by atoms with Gasteiger partial charge in [-0.25, -0.2) is 0 Å². The highest BCUT2D eigenvalue weighted by atomic mass is 35.5. The van der Waals surface area contributed by atoms with Crippen molar-refractivity contribution >= 4 is 17.5 Å². The Morgan fingerprint density at radius 3 is 2.54 bits per heavy atom. The molecule has 1 aliphatic rings. The topological polar surface area (TPSA) is 42.8 Å². The summed E-state index contributed by atoms with van der Waals surface area (Å²) >= 11 is 6.06. The highest BCUT2D eigenvalue weighted by Crippen LogP contribution is 2.14. The van der Waals surface area contributed by atoms with Crippen LogP contribution >= 0.6 is 11.6 Å². The van der Waals surface area contributed by atoms with Crippen molar-refractivity contribution in [3.8, 4) is 5.75 Å². The Balaban J connectivity index is 1.42. The van der Waals surface area contributed by atoms with E-state index in [9.17, 15) is 4.79 Å². The number of hydrogen-bond acceptors (Lipinski definition) is 2. The van der Waals surface area contributed by atoms with Crippen LogP contribution in [0.25, 0.3) is 0 Å². The minimum atomic E-state index is 0.122. The molecule has 5 heteroatoms. The van der Waals surface area contributed by atoms with Crippen LogP contribution in [0.2, 0.25) is 5.02 Å². The molecule has 0 bridgehead atoms. The molecule has 0 unspecified atom stereocenters. The molecule has 0 spiro atoms. The van der Waals surface area contributed by atoms with Crippen LogP contribution in [0.4, 0.5) is 0 Å². The molecule has 0 aliphatic carbocycles. The van der Waals surface area contributed by atoms with E-state index in [0.717, 1.165) is 48.8 Å². The molecule has 138 valence electrons. The summed E-state index contributed by atoms with van der Waals surface area (Å²) in [6.45, 7) is 3.58. The summed E-state index contributed by atoms with van der Waals surface area (Å²) in [5.74, 6) is 1.12. The van der Waals surface area contributed by atoms with E-state index in [0.29, 0.717) is 6.54 Å². The predicted molar refractivity (Wildman–Crippen MR) is 103 cm³/mol. The molecule has 1 heterocycles. The average Bonchev–Trinajstić information content (AvgIpc) is 2.67. The van der Waals surface area contributed by atoms with Crippen molar-refractivity contribution in [3.05, 3.63) is 64.7 Å². The van der Waals surface area contributed by atoms with Gasteiger partial charge in [0.05, 0.1) is 20.2 Å². The maximum absolute atomic E-state index is 12.4. The molecular weight excluding hydrogens is 348 g/mol. The van der Waals surface area contributed by atoms with Gasteiger partial charge in [0.1, 0.15) is 12.3 Å². The van der Waals surface area contributed by atoms with Crippen LogP contribution in [0.1, 0.15) is 24.0 Å². The van der Waals surface area contributed by atoms with Gasteiger partial charge in [0.15, 0.2) is 0 Å². The highest BCUT2D eigenvalue weighted by Gasteiger charge is 2.27. The number of rotatable bonds is 6. The number of likely N-dealkylation sites (tertiary alicyclic amines) is 1. The van der Waals surface area contributed by atoms with E-state index in [1.165, 1.54) is 10.5 Å². The number of nitrogens with one attached hydrogen (secondary N) is 2. The maximum atomic E-state index is 12.4. The summed E-state index contributed by atoms with van der Waals surface area (Å²) in [7, 11) is 1.65. The van der Waals surface area contributed by atoms with Gasteiger partial charge in [0.25, 0.3) is 0 Å². The van der Waals surface area contributed by atoms with E-state index in [1.807, 2.05) is 42.5 Å². The Hall–Kier alpha value is -2.04. The van der Waals surface area contributed by atoms with Crippen molar-refractivity contribution in [3.63, 3.8) is 0 Å². The molecule has 2 aromatic carbocycles. The van der Waals surface area contributed by atoms with Crippen LogP contribution in [0, 0.1) is 5.92 Å². The third-order valence-corrected chi connectivity index (χ3v) is 5.27. The van der Waals surface area contributed by atoms with Crippen molar-refractivity contribution < 1.29 is 14.4 Å². The number of piperidine rings is 1. The fourth-order valence-corrected chi connectivity index (χ4v) is 3.69. The van der Waals surface area contributed by atoms with Gasteiger partial charge in [-0.1, -0.05) is 35.9 Å². The number of quaternary nitrogens is 1. The first kappa shape index (κ1) is 18.7. The Labute approximate surface area is 160 Å². The van der Waals surface area contributed by atoms with Crippen molar-refractivity contribution in [1.82, 2.24) is 5.32 Å². The Morgan fingerprint density at radius 2 is 1.88 bits per heavy atom. The molecule has 0 atom stereocenters. The lowest BCUT2D eigenvalue weighted by molar-refractivity contribution is -0.919. The predicted octanol–water partition coefficient (Wildman–Crippen LogP) is 2.46. The van der Waals surface area contributed by atoms with Gasteiger partial charge in [-0.2, -0.15) is 0 Å². The highest BCUT2D eigenvalue weighted by molar-refractivity contribution is 6.30. The van der Waals surface area contributed by atoms with Gasteiger partial charge in [-0.3, -0.25) is 4.79 Å². The minimum absolute atomic E-state index is 0.122. The fraction of sp³-hybridized carbons (Fsp3) is 0.381. The lowest BCUT2D eigenvalue weighted by Gasteiger charge is -2.28. The molecule has 1 amide bonds. The molecule has 1 aliphatic heterocycles. The third kappa shape index (κ3) is 5.23. The van der Waals surface area contributed by atoms with Gasteiger partial charge in [0.2, 0.25) is 5.91 Å². The van der Waals surface area contributed by atoms with Gasteiger partial charge < -0.3 is 15.0 Å². The van der Waals surface area contributed by atoms with E-state index in [1.54, 1.807) is 7.11 Å². The number of carbonyl (C=O) groups excluding carboxylic acids is 1. The van der Waals surface area contributed by atoms with Crippen LogP contribution < -0.4 is 15.0 Å². The number of amides is 1. The van der Waals surface area contributed by atoms with Crippen molar-refractivity contribution in [2.75, 3.05) is 20.2 Å². The van der Waals surface area contributed by atoms with E-state index >= 15 is 0 Å². The van der Waals surface area contributed by atoms with E-state index in [-0.39, 0.29) is 11.8 Å². The summed E-state index contributed by atoms with van der Waals surface area (Å²) in [5.41, 5.74) is 2.35. The third-order valence-electron chi connectivity index (χ3n) is 5.03. The molecule has 1 fully saturated rings. The zero-order valence-corrected chi connectivity index (χ0v) is 15.9. The Morgan fingerprint density at radius 1 is 1.15 bits per heavy atom. The SMILES string of the molecule is COc1ccc(CNC(=O)C2CC[NH+](Cc3cccc(Cl)c3)CC2)cc1. The molecule has 2 N–H and O–H groups in total.